The van der Waals surface area contributed by atoms with Gasteiger partial charge in [0.05, 0.1) is 18.8 Å². The van der Waals surface area contributed by atoms with E-state index in [4.69, 9.17) is 8.85 Å². The molecule has 0 saturated carbocycles. The lowest BCUT2D eigenvalue weighted by Crippen LogP contribution is -2.66. The lowest BCUT2D eigenvalue weighted by atomic mass is 9.88. The number of nitrogens with zero attached hydrogens (tertiary/aromatic N) is 1. The van der Waals surface area contributed by atoms with Crippen molar-refractivity contribution in [3.8, 4) is 0 Å². The number of hydrogen-bond donors (Lipinski definition) is 2. The summed E-state index contributed by atoms with van der Waals surface area (Å²) in [7, 11) is -4.71. The van der Waals surface area contributed by atoms with E-state index in [0.29, 0.717) is 25.0 Å². The molecule has 3 atom stereocenters. The van der Waals surface area contributed by atoms with Crippen molar-refractivity contribution >= 4 is 27.0 Å². The molecule has 0 aliphatic carbocycles. The average Bonchev–Trinajstić information content (AvgIpc) is 2.93. The van der Waals surface area contributed by atoms with Crippen molar-refractivity contribution in [2.24, 2.45) is 5.92 Å². The molecule has 2 aromatic carbocycles. The second-order valence-electron chi connectivity index (χ2n) is 13.7. The van der Waals surface area contributed by atoms with Crippen LogP contribution in [-0.4, -0.2) is 51.1 Å². The molecule has 41 heavy (non-hydrogen) atoms. The predicted octanol–water partition coefficient (Wildman–Crippen LogP) is 6.47. The number of aliphatic hydroxyl groups excluding tert-OH is 2. The van der Waals surface area contributed by atoms with Crippen LogP contribution in [0.4, 0.5) is 0 Å². The van der Waals surface area contributed by atoms with Crippen LogP contribution in [0.25, 0.3) is 0 Å². The van der Waals surface area contributed by atoms with Crippen molar-refractivity contribution < 1.29 is 19.1 Å². The molecule has 1 heterocycles. The van der Waals surface area contributed by atoms with Gasteiger partial charge in [0.25, 0.3) is 8.32 Å². The number of aromatic nitrogens is 1. The van der Waals surface area contributed by atoms with Crippen molar-refractivity contribution in [1.29, 1.82) is 0 Å². The minimum Gasteiger partial charge on any atom is -0.414 e. The Morgan fingerprint density at radius 3 is 1.78 bits per heavy atom. The highest BCUT2D eigenvalue weighted by atomic mass is 28.4. The van der Waals surface area contributed by atoms with Gasteiger partial charge in [-0.1, -0.05) is 108 Å². The number of aliphatic hydroxyl groups is 2. The first-order valence-electron chi connectivity index (χ1n) is 14.9. The third-order valence-corrected chi connectivity index (χ3v) is 18.3. The molecule has 7 heteroatoms. The molecule has 3 rings (SSSR count). The lowest BCUT2D eigenvalue weighted by molar-refractivity contribution is -0.0203. The van der Waals surface area contributed by atoms with E-state index >= 15 is 0 Å². The summed E-state index contributed by atoms with van der Waals surface area (Å²) in [5, 5.41) is 25.2. The van der Waals surface area contributed by atoms with E-state index in [0.717, 1.165) is 0 Å². The maximum atomic E-state index is 11.4. The Labute approximate surface area is 250 Å². The Hall–Kier alpha value is -2.14. The van der Waals surface area contributed by atoms with E-state index in [1.54, 1.807) is 12.4 Å². The summed E-state index contributed by atoms with van der Waals surface area (Å²) in [4.78, 5) is 4.20. The Kier molecular flexibility index (Phi) is 11.3. The molecule has 3 unspecified atom stereocenters. The van der Waals surface area contributed by atoms with Gasteiger partial charge >= 0.3 is 0 Å². The van der Waals surface area contributed by atoms with Crippen LogP contribution in [0.5, 0.6) is 0 Å². The summed E-state index contributed by atoms with van der Waals surface area (Å²) < 4.78 is 13.5. The Bertz CT molecular complexity index is 1140. The summed E-state index contributed by atoms with van der Waals surface area (Å²) in [6.45, 7) is 18.5. The largest absolute Gasteiger partial charge is 0.414 e. The number of benzene rings is 2. The third kappa shape index (κ3) is 8.03. The molecule has 5 nitrogen and oxygen atoms in total. The second-order valence-corrected chi connectivity index (χ2v) is 22.8. The number of hydrogen-bond acceptors (Lipinski definition) is 5. The zero-order valence-corrected chi connectivity index (χ0v) is 28.3. The van der Waals surface area contributed by atoms with Crippen LogP contribution < -0.4 is 10.4 Å². The normalized spacial score (nSPS) is 15.4. The minimum atomic E-state index is -2.65. The van der Waals surface area contributed by atoms with E-state index in [1.807, 2.05) is 24.3 Å². The van der Waals surface area contributed by atoms with Gasteiger partial charge in [0.15, 0.2) is 8.32 Å². The third-order valence-electron chi connectivity index (χ3n) is 8.76. The molecule has 224 valence electrons. The maximum Gasteiger partial charge on any atom is 0.261 e. The zero-order valence-electron chi connectivity index (χ0n) is 26.3. The molecular formula is C34H51NO4Si2. The van der Waals surface area contributed by atoms with E-state index in [2.05, 4.69) is 108 Å². The first-order chi connectivity index (χ1) is 19.2. The fraction of sp³-hybridized carbons (Fsp3) is 0.500. The summed E-state index contributed by atoms with van der Waals surface area (Å²) in [5.74, 6) is -0.410. The monoisotopic (exact) mass is 593 g/mol. The van der Waals surface area contributed by atoms with Crippen LogP contribution in [0.1, 0.15) is 66.1 Å². The summed E-state index contributed by atoms with van der Waals surface area (Å²) >= 11 is 0. The first kappa shape index (κ1) is 33.4. The molecule has 1 aromatic heterocycles. The molecule has 0 radical (unpaired) electrons. The molecule has 0 fully saturated rings. The highest BCUT2D eigenvalue weighted by molar-refractivity contribution is 6.99. The van der Waals surface area contributed by atoms with Gasteiger partial charge in [-0.3, -0.25) is 4.98 Å². The van der Waals surface area contributed by atoms with Crippen molar-refractivity contribution in [1.82, 2.24) is 4.98 Å². The van der Waals surface area contributed by atoms with E-state index in [1.165, 1.54) is 10.4 Å². The van der Waals surface area contributed by atoms with E-state index in [-0.39, 0.29) is 16.7 Å². The summed E-state index contributed by atoms with van der Waals surface area (Å²) in [6.07, 6.45) is 3.00. The zero-order chi connectivity index (χ0) is 30.3. The van der Waals surface area contributed by atoms with E-state index < -0.39 is 34.8 Å². The van der Waals surface area contributed by atoms with Crippen LogP contribution >= 0.6 is 0 Å². The summed E-state index contributed by atoms with van der Waals surface area (Å²) in [5.41, 5.74) is 0.705. The number of rotatable bonds is 13. The van der Waals surface area contributed by atoms with Crippen molar-refractivity contribution in [3.05, 3.63) is 90.8 Å². The van der Waals surface area contributed by atoms with Crippen LogP contribution in [0, 0.1) is 5.92 Å². The standard InChI is InChI=1S/C34H51NO4Si2/c1-33(2,3)40(7,8)39-26-31(36)30(32(37)27-17-15-23-35-25-27)22-16-24-38-41(34(4,5)6,28-18-11-9-12-19-28)29-20-13-10-14-21-29/h9-15,17-21,23,25,30-32,36-37H,16,22,24,26H2,1-8H3. The topological polar surface area (TPSA) is 71.8 Å². The molecule has 0 aliphatic heterocycles. The second kappa shape index (κ2) is 13.9. The van der Waals surface area contributed by atoms with Crippen LogP contribution in [0.15, 0.2) is 85.2 Å². The predicted molar refractivity (Wildman–Crippen MR) is 175 cm³/mol. The number of pyridine rings is 1. The molecule has 3 aromatic rings. The molecule has 0 bridgehead atoms. The molecule has 0 aliphatic rings. The fourth-order valence-corrected chi connectivity index (χ4v) is 10.9. The Balaban J connectivity index is 1.83. The Morgan fingerprint density at radius 1 is 0.756 bits per heavy atom. The van der Waals surface area contributed by atoms with Gasteiger partial charge in [-0.25, -0.2) is 0 Å². The van der Waals surface area contributed by atoms with Crippen molar-refractivity contribution in [2.45, 2.75) is 89.8 Å². The fourth-order valence-electron chi connectivity index (χ4n) is 5.30. The molecule has 0 spiro atoms. The van der Waals surface area contributed by atoms with Gasteiger partial charge in [-0.15, -0.1) is 0 Å². The highest BCUT2D eigenvalue weighted by Crippen LogP contribution is 2.39. The molecule has 0 amide bonds. The van der Waals surface area contributed by atoms with Crippen LogP contribution in [-0.2, 0) is 8.85 Å². The Morgan fingerprint density at radius 2 is 1.32 bits per heavy atom. The van der Waals surface area contributed by atoms with E-state index in [9.17, 15) is 10.2 Å². The van der Waals surface area contributed by atoms with Gasteiger partial charge in [-0.2, -0.15) is 0 Å². The van der Waals surface area contributed by atoms with Crippen molar-refractivity contribution in [2.75, 3.05) is 13.2 Å². The average molecular weight is 594 g/mol. The smallest absolute Gasteiger partial charge is 0.261 e. The van der Waals surface area contributed by atoms with Crippen LogP contribution in [0.3, 0.4) is 0 Å². The van der Waals surface area contributed by atoms with Gasteiger partial charge in [-0.05, 0) is 58.0 Å². The van der Waals surface area contributed by atoms with Crippen molar-refractivity contribution in [3.63, 3.8) is 0 Å². The first-order valence-corrected chi connectivity index (χ1v) is 19.7. The molecular weight excluding hydrogens is 543 g/mol. The lowest BCUT2D eigenvalue weighted by Gasteiger charge is -2.43. The van der Waals surface area contributed by atoms with Crippen LogP contribution in [0.2, 0.25) is 23.2 Å². The van der Waals surface area contributed by atoms with Gasteiger partial charge in [0.1, 0.15) is 0 Å². The minimum absolute atomic E-state index is 0.0355. The molecule has 0 saturated heterocycles. The van der Waals surface area contributed by atoms with Gasteiger partial charge in [0, 0.05) is 24.9 Å². The maximum absolute atomic E-state index is 11.4. The highest BCUT2D eigenvalue weighted by Gasteiger charge is 2.50. The van der Waals surface area contributed by atoms with Gasteiger partial charge < -0.3 is 19.1 Å². The van der Waals surface area contributed by atoms with Gasteiger partial charge in [0.2, 0.25) is 0 Å². The SMILES string of the molecule is CC(C)(C)[Si](C)(C)OCC(O)C(CCCO[Si](c1ccccc1)(c1ccccc1)C(C)(C)C)C(O)c1cccnc1. The quantitative estimate of drug-likeness (QED) is 0.176. The molecule has 2 N–H and O–H groups in total. The summed E-state index contributed by atoms with van der Waals surface area (Å²) in [6, 6.07) is 24.9.